The lowest BCUT2D eigenvalue weighted by Gasteiger charge is -2.04. The highest BCUT2D eigenvalue weighted by Gasteiger charge is 2.13. The zero-order valence-corrected chi connectivity index (χ0v) is 14.8. The number of nitrogens with one attached hydrogen (secondary N) is 1. The first-order chi connectivity index (χ1) is 10.1. The summed E-state index contributed by atoms with van der Waals surface area (Å²) in [5, 5.41) is 8.05. The molecule has 5 nitrogen and oxygen atoms in total. The molecule has 1 heterocycles. The number of hydrogen-bond donors (Lipinski definition) is 2. The van der Waals surface area contributed by atoms with Crippen LogP contribution in [-0.2, 0) is 6.54 Å². The zero-order chi connectivity index (χ0) is 15.0. The fourth-order valence-electron chi connectivity index (χ4n) is 2.29. The van der Waals surface area contributed by atoms with Crippen molar-refractivity contribution >= 4 is 49.7 Å². The molecule has 0 spiro atoms. The van der Waals surface area contributed by atoms with E-state index in [2.05, 4.69) is 15.9 Å². The number of imidazole rings is 1. The van der Waals surface area contributed by atoms with Gasteiger partial charge in [0.1, 0.15) is 0 Å². The summed E-state index contributed by atoms with van der Waals surface area (Å²) < 4.78 is 3.82. The number of benzene rings is 2. The summed E-state index contributed by atoms with van der Waals surface area (Å²) in [6, 6.07) is 14.6. The van der Waals surface area contributed by atoms with E-state index in [1.165, 1.54) is 4.68 Å². The molecule has 3 N–H and O–H groups in total. The quantitative estimate of drug-likeness (QED) is 0.500. The minimum Gasteiger partial charge on any atom is -0.336 e. The highest BCUT2D eigenvalue weighted by atomic mass is 79.9. The Bertz CT molecular complexity index is 881. The zero-order valence-electron chi connectivity index (χ0n) is 11.5. The summed E-state index contributed by atoms with van der Waals surface area (Å²) in [5.74, 6) is 5.81. The van der Waals surface area contributed by atoms with Gasteiger partial charge in [-0.15, -0.1) is 17.0 Å². The molecular formula is C15H14Br2N4O. The highest BCUT2D eigenvalue weighted by Crippen LogP contribution is 2.14. The van der Waals surface area contributed by atoms with Gasteiger partial charge in [-0.2, -0.15) is 0 Å². The van der Waals surface area contributed by atoms with Crippen LogP contribution in [0.3, 0.4) is 0 Å². The van der Waals surface area contributed by atoms with E-state index in [1.54, 1.807) is 16.7 Å². The number of halogens is 2. The average Bonchev–Trinajstić information content (AvgIpc) is 2.73. The number of ketones is 1. The molecule has 7 heteroatoms. The van der Waals surface area contributed by atoms with E-state index in [0.717, 1.165) is 15.5 Å². The van der Waals surface area contributed by atoms with E-state index in [0.29, 0.717) is 5.56 Å². The standard InChI is InChI=1S/C15H13BrN4O.BrH/c16-11-7-5-10(6-8-11)14(21)9-19-12-3-1-2-4-13(12)20(18)15(19)17;/h1-8,17H,9,18H2;1H. The first-order valence-corrected chi connectivity index (χ1v) is 7.16. The third-order valence-electron chi connectivity index (χ3n) is 3.38. The number of hydrogen-bond acceptors (Lipinski definition) is 3. The number of rotatable bonds is 3. The lowest BCUT2D eigenvalue weighted by Crippen LogP contribution is -2.31. The molecule has 3 aromatic rings. The van der Waals surface area contributed by atoms with Crippen LogP contribution in [0.1, 0.15) is 10.4 Å². The molecule has 0 radical (unpaired) electrons. The van der Waals surface area contributed by atoms with Crippen molar-refractivity contribution in [3.05, 3.63) is 64.2 Å². The molecule has 0 aliphatic carbocycles. The van der Waals surface area contributed by atoms with Crippen LogP contribution >= 0.6 is 32.9 Å². The van der Waals surface area contributed by atoms with Crippen LogP contribution in [0.2, 0.25) is 0 Å². The molecule has 0 unspecified atom stereocenters. The van der Waals surface area contributed by atoms with Crippen molar-refractivity contribution in [3.8, 4) is 0 Å². The van der Waals surface area contributed by atoms with Crippen LogP contribution < -0.4 is 11.5 Å². The highest BCUT2D eigenvalue weighted by molar-refractivity contribution is 9.10. The monoisotopic (exact) mass is 424 g/mol. The molecule has 0 amide bonds. The van der Waals surface area contributed by atoms with Gasteiger partial charge < -0.3 is 10.4 Å². The number of para-hydroxylation sites is 2. The van der Waals surface area contributed by atoms with E-state index in [9.17, 15) is 4.79 Å². The summed E-state index contributed by atoms with van der Waals surface area (Å²) in [5.41, 5.74) is 2.21. The van der Waals surface area contributed by atoms with Crippen molar-refractivity contribution in [2.24, 2.45) is 0 Å². The molecule has 0 saturated heterocycles. The Morgan fingerprint density at radius 3 is 2.32 bits per heavy atom. The van der Waals surface area contributed by atoms with Gasteiger partial charge in [0.25, 0.3) is 0 Å². The van der Waals surface area contributed by atoms with Crippen molar-refractivity contribution in [2.45, 2.75) is 6.54 Å². The van der Waals surface area contributed by atoms with E-state index in [-0.39, 0.29) is 34.9 Å². The van der Waals surface area contributed by atoms with Gasteiger partial charge in [-0.1, -0.05) is 40.2 Å². The van der Waals surface area contributed by atoms with Gasteiger partial charge in [-0.05, 0) is 24.3 Å². The second kappa shape index (κ2) is 6.50. The van der Waals surface area contributed by atoms with Crippen molar-refractivity contribution < 1.29 is 4.79 Å². The maximum atomic E-state index is 12.4. The Morgan fingerprint density at radius 1 is 1.09 bits per heavy atom. The molecule has 0 aliphatic rings. The summed E-state index contributed by atoms with van der Waals surface area (Å²) in [7, 11) is 0. The molecule has 0 bridgehead atoms. The number of fused-ring (bicyclic) bond motifs is 1. The Balaban J connectivity index is 0.00000176. The first kappa shape index (κ1) is 16.5. The van der Waals surface area contributed by atoms with Gasteiger partial charge in [0.2, 0.25) is 5.62 Å². The van der Waals surface area contributed by atoms with Crippen LogP contribution in [0.4, 0.5) is 0 Å². The van der Waals surface area contributed by atoms with E-state index < -0.39 is 0 Å². The number of Topliss-reactive ketones (excluding diaryl/α,β-unsaturated/α-hetero) is 1. The second-order valence-electron chi connectivity index (χ2n) is 4.70. The Morgan fingerprint density at radius 2 is 1.68 bits per heavy atom. The van der Waals surface area contributed by atoms with Crippen LogP contribution in [-0.4, -0.2) is 15.0 Å². The van der Waals surface area contributed by atoms with Crippen molar-refractivity contribution in [1.82, 2.24) is 9.24 Å². The minimum absolute atomic E-state index is 0. The van der Waals surface area contributed by atoms with Crippen molar-refractivity contribution in [2.75, 3.05) is 5.84 Å². The minimum atomic E-state index is -0.0580. The lowest BCUT2D eigenvalue weighted by molar-refractivity contribution is 0.0971. The fraction of sp³-hybridized carbons (Fsp3) is 0.0667. The Hall–Kier alpha value is -1.86. The number of nitrogen functional groups attached to an aromatic ring is 1. The number of aromatic nitrogens is 2. The lowest BCUT2D eigenvalue weighted by atomic mass is 10.1. The largest absolute Gasteiger partial charge is 0.336 e. The van der Waals surface area contributed by atoms with E-state index >= 15 is 0 Å². The second-order valence-corrected chi connectivity index (χ2v) is 5.61. The Kier molecular flexibility index (Phi) is 4.87. The average molecular weight is 426 g/mol. The molecule has 22 heavy (non-hydrogen) atoms. The number of nitrogens with zero attached hydrogens (tertiary/aromatic N) is 2. The normalized spacial score (nSPS) is 10.4. The number of nitrogens with two attached hydrogens (primary N) is 1. The fourth-order valence-corrected chi connectivity index (χ4v) is 2.55. The molecule has 2 aromatic carbocycles. The predicted molar refractivity (Wildman–Crippen MR) is 94.7 cm³/mol. The van der Waals surface area contributed by atoms with Gasteiger partial charge in [-0.25, -0.2) is 4.68 Å². The number of carbonyl (C=O) groups is 1. The van der Waals surface area contributed by atoms with Gasteiger partial charge in [0.15, 0.2) is 5.78 Å². The predicted octanol–water partition coefficient (Wildman–Crippen LogP) is 2.86. The third-order valence-corrected chi connectivity index (χ3v) is 3.91. The van der Waals surface area contributed by atoms with Crippen LogP contribution in [0.15, 0.2) is 53.0 Å². The molecule has 114 valence electrons. The van der Waals surface area contributed by atoms with Gasteiger partial charge in [-0.3, -0.25) is 10.2 Å². The summed E-state index contributed by atoms with van der Waals surface area (Å²) in [6.07, 6.45) is 0. The molecule has 1 aromatic heterocycles. The molecule has 0 fully saturated rings. The van der Waals surface area contributed by atoms with E-state index in [1.807, 2.05) is 36.4 Å². The van der Waals surface area contributed by atoms with Crippen molar-refractivity contribution in [1.29, 1.82) is 5.41 Å². The SMILES string of the molecule is Br.N=c1n(N)c2ccccc2n1CC(=O)c1ccc(Br)cc1. The maximum absolute atomic E-state index is 12.4. The maximum Gasteiger partial charge on any atom is 0.222 e. The molecular weight excluding hydrogens is 412 g/mol. The van der Waals surface area contributed by atoms with Crippen LogP contribution in [0.5, 0.6) is 0 Å². The topological polar surface area (TPSA) is 76.8 Å². The van der Waals surface area contributed by atoms with Crippen LogP contribution in [0.25, 0.3) is 11.0 Å². The first-order valence-electron chi connectivity index (χ1n) is 6.36. The molecule has 0 saturated carbocycles. The molecule has 0 atom stereocenters. The summed E-state index contributed by atoms with van der Waals surface area (Å²) >= 11 is 3.34. The third kappa shape index (κ3) is 2.86. The van der Waals surface area contributed by atoms with E-state index in [4.69, 9.17) is 11.3 Å². The Labute approximate surface area is 145 Å². The summed E-state index contributed by atoms with van der Waals surface area (Å²) in [6.45, 7) is 0.0885. The van der Waals surface area contributed by atoms with Gasteiger partial charge in [0.05, 0.1) is 17.6 Å². The van der Waals surface area contributed by atoms with Crippen molar-refractivity contribution in [3.63, 3.8) is 0 Å². The number of carbonyl (C=O) groups excluding carboxylic acids is 1. The smallest absolute Gasteiger partial charge is 0.222 e. The molecule has 0 aliphatic heterocycles. The summed E-state index contributed by atoms with van der Waals surface area (Å²) in [4.78, 5) is 12.4. The molecule has 3 rings (SSSR count). The van der Waals surface area contributed by atoms with Gasteiger partial charge in [0, 0.05) is 10.0 Å². The van der Waals surface area contributed by atoms with Crippen LogP contribution in [0, 0.1) is 5.41 Å². The van der Waals surface area contributed by atoms with Gasteiger partial charge >= 0.3 is 0 Å².